The number of hydrogen-bond acceptors (Lipinski definition) is 6. The molecule has 2 N–H and O–H groups in total. The number of rotatable bonds is 2. The van der Waals surface area contributed by atoms with E-state index in [9.17, 15) is 0 Å². The predicted octanol–water partition coefficient (Wildman–Crippen LogP) is 2.39. The Morgan fingerprint density at radius 1 is 1.05 bits per heavy atom. The first-order valence-electron chi connectivity index (χ1n) is 6.13. The van der Waals surface area contributed by atoms with Gasteiger partial charge in [0.15, 0.2) is 0 Å². The van der Waals surface area contributed by atoms with Gasteiger partial charge in [-0.25, -0.2) is 9.97 Å². The molecule has 0 spiro atoms. The molecule has 2 aromatic heterocycles. The normalized spacial score (nSPS) is 10.7. The first-order valence-corrected chi connectivity index (χ1v) is 6.13. The Labute approximate surface area is 115 Å². The molecular formula is C14H13N5O. The number of benzene rings is 1. The Bertz CT molecular complexity index is 749. The molecule has 6 nitrogen and oxygen atoms in total. The third-order valence-corrected chi connectivity index (χ3v) is 2.89. The summed E-state index contributed by atoms with van der Waals surface area (Å²) >= 11 is 0. The molecule has 0 amide bonds. The predicted molar refractivity (Wildman–Crippen MR) is 74.6 cm³/mol. The van der Waals surface area contributed by atoms with Gasteiger partial charge >= 0.3 is 0 Å². The minimum absolute atomic E-state index is 0.372. The number of hydrogen-bond donors (Lipinski definition) is 1. The summed E-state index contributed by atoms with van der Waals surface area (Å²) in [5.41, 5.74) is 9.24. The van der Waals surface area contributed by atoms with Crippen LogP contribution in [-0.4, -0.2) is 20.1 Å². The molecule has 3 rings (SSSR count). The topological polar surface area (TPSA) is 90.7 Å². The molecule has 2 heterocycles. The number of nitrogens with zero attached hydrogens (tertiary/aromatic N) is 4. The molecule has 100 valence electrons. The van der Waals surface area contributed by atoms with Gasteiger partial charge in [0.05, 0.1) is 0 Å². The van der Waals surface area contributed by atoms with Crippen LogP contribution in [0.25, 0.3) is 23.1 Å². The lowest BCUT2D eigenvalue weighted by Gasteiger charge is -2.01. The van der Waals surface area contributed by atoms with Gasteiger partial charge in [-0.1, -0.05) is 5.16 Å². The minimum atomic E-state index is 0.372. The van der Waals surface area contributed by atoms with E-state index in [1.165, 1.54) is 0 Å². The van der Waals surface area contributed by atoms with Crippen molar-refractivity contribution in [1.82, 2.24) is 20.1 Å². The van der Waals surface area contributed by atoms with Crippen LogP contribution in [0.1, 0.15) is 11.1 Å². The second kappa shape index (κ2) is 4.73. The molecule has 20 heavy (non-hydrogen) atoms. The molecule has 0 fully saturated rings. The Morgan fingerprint density at radius 3 is 2.50 bits per heavy atom. The van der Waals surface area contributed by atoms with E-state index >= 15 is 0 Å². The Balaban J connectivity index is 1.99. The fourth-order valence-electron chi connectivity index (χ4n) is 1.86. The standard InChI is InChI=1S/C14H13N5O/c1-8-6-16-12(17-7-8)13-18-14(20-19-13)11-4-3-10(15)5-9(11)2/h3-7H,15H2,1-2H3. The zero-order valence-corrected chi connectivity index (χ0v) is 11.2. The molecule has 0 aliphatic heterocycles. The minimum Gasteiger partial charge on any atom is -0.399 e. The summed E-state index contributed by atoms with van der Waals surface area (Å²) in [6.45, 7) is 3.86. The lowest BCUT2D eigenvalue weighted by atomic mass is 10.1. The van der Waals surface area contributed by atoms with E-state index in [2.05, 4.69) is 20.1 Å². The lowest BCUT2D eigenvalue weighted by molar-refractivity contribution is 0.431. The highest BCUT2D eigenvalue weighted by Gasteiger charge is 2.14. The average molecular weight is 267 g/mol. The quantitative estimate of drug-likeness (QED) is 0.717. The summed E-state index contributed by atoms with van der Waals surface area (Å²) in [6, 6.07) is 5.52. The van der Waals surface area contributed by atoms with Crippen molar-refractivity contribution in [2.75, 3.05) is 5.73 Å². The molecule has 0 aliphatic carbocycles. The Morgan fingerprint density at radius 2 is 1.80 bits per heavy atom. The molecule has 0 aliphatic rings. The summed E-state index contributed by atoms with van der Waals surface area (Å²) in [5.74, 6) is 1.25. The number of aromatic nitrogens is 4. The van der Waals surface area contributed by atoms with Crippen LogP contribution in [0.2, 0.25) is 0 Å². The molecular weight excluding hydrogens is 254 g/mol. The van der Waals surface area contributed by atoms with Gasteiger partial charge in [0, 0.05) is 23.6 Å². The SMILES string of the molecule is Cc1cnc(-c2noc(-c3ccc(N)cc3C)n2)nc1. The van der Waals surface area contributed by atoms with Crippen molar-refractivity contribution in [3.05, 3.63) is 41.7 Å². The molecule has 0 atom stereocenters. The molecule has 1 aromatic carbocycles. The number of nitrogen functional groups attached to an aromatic ring is 1. The Hall–Kier alpha value is -2.76. The zero-order valence-electron chi connectivity index (χ0n) is 11.2. The molecule has 0 saturated carbocycles. The van der Waals surface area contributed by atoms with Gasteiger partial charge < -0.3 is 10.3 Å². The van der Waals surface area contributed by atoms with Gasteiger partial charge in [-0.05, 0) is 43.2 Å². The van der Waals surface area contributed by atoms with E-state index in [-0.39, 0.29) is 0 Å². The molecule has 0 radical (unpaired) electrons. The van der Waals surface area contributed by atoms with E-state index in [1.807, 2.05) is 26.0 Å². The van der Waals surface area contributed by atoms with E-state index in [0.29, 0.717) is 23.2 Å². The van der Waals surface area contributed by atoms with E-state index in [0.717, 1.165) is 16.7 Å². The Kier molecular flexibility index (Phi) is 2.90. The van der Waals surface area contributed by atoms with Crippen molar-refractivity contribution in [1.29, 1.82) is 0 Å². The molecule has 6 heteroatoms. The molecule has 0 saturated heterocycles. The van der Waals surface area contributed by atoms with E-state index in [4.69, 9.17) is 10.3 Å². The fourth-order valence-corrected chi connectivity index (χ4v) is 1.86. The maximum absolute atomic E-state index is 5.73. The van der Waals surface area contributed by atoms with Gasteiger partial charge in [0.25, 0.3) is 5.89 Å². The van der Waals surface area contributed by atoms with Crippen LogP contribution in [0.5, 0.6) is 0 Å². The van der Waals surface area contributed by atoms with Crippen molar-refractivity contribution < 1.29 is 4.52 Å². The summed E-state index contributed by atoms with van der Waals surface area (Å²) in [6.07, 6.45) is 3.43. The van der Waals surface area contributed by atoms with Crippen molar-refractivity contribution in [2.45, 2.75) is 13.8 Å². The maximum atomic E-state index is 5.73. The molecule has 0 bridgehead atoms. The van der Waals surface area contributed by atoms with Crippen LogP contribution < -0.4 is 5.73 Å². The first-order chi connectivity index (χ1) is 9.63. The van der Waals surface area contributed by atoms with Gasteiger partial charge in [0.1, 0.15) is 0 Å². The first kappa shape index (κ1) is 12.3. The summed E-state index contributed by atoms with van der Waals surface area (Å²) in [7, 11) is 0. The number of aryl methyl sites for hydroxylation is 2. The van der Waals surface area contributed by atoms with Crippen LogP contribution >= 0.6 is 0 Å². The highest BCUT2D eigenvalue weighted by molar-refractivity contribution is 5.63. The third kappa shape index (κ3) is 2.23. The van der Waals surface area contributed by atoms with Gasteiger partial charge in [-0.2, -0.15) is 4.98 Å². The second-order valence-corrected chi connectivity index (χ2v) is 4.58. The van der Waals surface area contributed by atoms with Crippen molar-refractivity contribution in [3.8, 4) is 23.1 Å². The summed E-state index contributed by atoms with van der Waals surface area (Å²) < 4.78 is 5.27. The number of anilines is 1. The van der Waals surface area contributed by atoms with Crippen LogP contribution in [0, 0.1) is 13.8 Å². The van der Waals surface area contributed by atoms with E-state index < -0.39 is 0 Å². The fraction of sp³-hybridized carbons (Fsp3) is 0.143. The average Bonchev–Trinajstić information content (AvgIpc) is 2.89. The molecule has 3 aromatic rings. The van der Waals surface area contributed by atoms with Crippen LogP contribution in [0.15, 0.2) is 35.1 Å². The summed E-state index contributed by atoms with van der Waals surface area (Å²) in [4.78, 5) is 12.7. The maximum Gasteiger partial charge on any atom is 0.258 e. The highest BCUT2D eigenvalue weighted by atomic mass is 16.5. The van der Waals surface area contributed by atoms with Crippen molar-refractivity contribution in [2.24, 2.45) is 0 Å². The number of nitrogens with two attached hydrogens (primary N) is 1. The van der Waals surface area contributed by atoms with Crippen LogP contribution in [0.4, 0.5) is 5.69 Å². The van der Waals surface area contributed by atoms with Gasteiger partial charge in [-0.15, -0.1) is 0 Å². The highest BCUT2D eigenvalue weighted by Crippen LogP contribution is 2.25. The molecule has 0 unspecified atom stereocenters. The van der Waals surface area contributed by atoms with Crippen molar-refractivity contribution in [3.63, 3.8) is 0 Å². The van der Waals surface area contributed by atoms with Crippen LogP contribution in [0.3, 0.4) is 0 Å². The van der Waals surface area contributed by atoms with Crippen molar-refractivity contribution >= 4 is 5.69 Å². The third-order valence-electron chi connectivity index (χ3n) is 2.89. The summed E-state index contributed by atoms with van der Waals surface area (Å²) in [5, 5.41) is 3.91. The van der Waals surface area contributed by atoms with Gasteiger partial charge in [-0.3, -0.25) is 0 Å². The second-order valence-electron chi connectivity index (χ2n) is 4.58. The van der Waals surface area contributed by atoms with Gasteiger partial charge in [0.2, 0.25) is 11.6 Å². The van der Waals surface area contributed by atoms with E-state index in [1.54, 1.807) is 18.5 Å². The lowest BCUT2D eigenvalue weighted by Crippen LogP contribution is -1.91. The smallest absolute Gasteiger partial charge is 0.258 e. The largest absolute Gasteiger partial charge is 0.399 e. The monoisotopic (exact) mass is 267 g/mol. The van der Waals surface area contributed by atoms with Crippen LogP contribution in [-0.2, 0) is 0 Å². The zero-order chi connectivity index (χ0) is 14.1.